The number of ether oxygens (including phenoxy) is 1. The zero-order valence-corrected chi connectivity index (χ0v) is 10.5. The summed E-state index contributed by atoms with van der Waals surface area (Å²) in [6.45, 7) is 7.45. The molecule has 1 aromatic rings. The van der Waals surface area contributed by atoms with E-state index in [1.165, 1.54) is 12.0 Å². The normalized spacial score (nSPS) is 9.67. The summed E-state index contributed by atoms with van der Waals surface area (Å²) in [5.41, 5.74) is 1.41. The third-order valence-corrected chi connectivity index (χ3v) is 2.15. The molecule has 1 nitrogen and oxygen atoms in total. The van der Waals surface area contributed by atoms with Gasteiger partial charge in [-0.3, -0.25) is 0 Å². The largest absolute Gasteiger partial charge is 0.385 e. The summed E-state index contributed by atoms with van der Waals surface area (Å²) in [6.07, 6.45) is 2.32. The highest BCUT2D eigenvalue weighted by molar-refractivity contribution is 5.13. The summed E-state index contributed by atoms with van der Waals surface area (Å²) in [7, 11) is 1.74. The second-order valence-corrected chi connectivity index (χ2v) is 4.01. The second-order valence-electron chi connectivity index (χ2n) is 4.01. The molecule has 15 heavy (non-hydrogen) atoms. The number of rotatable bonds is 4. The Labute approximate surface area is 94.5 Å². The average molecular weight is 208 g/mol. The number of methoxy groups -OCH3 is 1. The van der Waals surface area contributed by atoms with Crippen molar-refractivity contribution in [2.24, 2.45) is 5.92 Å². The summed E-state index contributed by atoms with van der Waals surface area (Å²) in [4.78, 5) is 0. The standard InChI is InChI=1S/C8H10.C6H14O/c1-2-8-6-4-3-5-7-8;1-6(2)4-5-7-3/h3-7H,2H2,1H3;6H,4-5H2,1-3H3. The van der Waals surface area contributed by atoms with E-state index >= 15 is 0 Å². The van der Waals surface area contributed by atoms with Gasteiger partial charge in [-0.1, -0.05) is 51.1 Å². The monoisotopic (exact) mass is 208 g/mol. The lowest BCUT2D eigenvalue weighted by Crippen LogP contribution is -1.93. The molecule has 0 spiro atoms. The molecule has 0 N–H and O–H groups in total. The van der Waals surface area contributed by atoms with E-state index in [1.54, 1.807) is 7.11 Å². The molecule has 0 aliphatic rings. The fourth-order valence-corrected chi connectivity index (χ4v) is 1.07. The molecule has 1 aromatic carbocycles. The summed E-state index contributed by atoms with van der Waals surface area (Å²) < 4.78 is 4.85. The van der Waals surface area contributed by atoms with Crippen molar-refractivity contribution in [1.29, 1.82) is 0 Å². The Hall–Kier alpha value is -0.820. The Morgan fingerprint density at radius 2 is 1.73 bits per heavy atom. The molecule has 0 amide bonds. The maximum absolute atomic E-state index is 4.85. The van der Waals surface area contributed by atoms with E-state index < -0.39 is 0 Å². The van der Waals surface area contributed by atoms with Gasteiger partial charge in [0.2, 0.25) is 0 Å². The molecular formula is C14H24O. The first kappa shape index (κ1) is 14.2. The second kappa shape index (κ2) is 9.72. The van der Waals surface area contributed by atoms with Crippen LogP contribution in [0.25, 0.3) is 0 Å². The van der Waals surface area contributed by atoms with Crippen LogP contribution in [0.15, 0.2) is 30.3 Å². The van der Waals surface area contributed by atoms with Gasteiger partial charge in [-0.15, -0.1) is 0 Å². The van der Waals surface area contributed by atoms with Crippen molar-refractivity contribution in [2.75, 3.05) is 13.7 Å². The smallest absolute Gasteiger partial charge is 0.0464 e. The van der Waals surface area contributed by atoms with E-state index in [0.29, 0.717) is 0 Å². The third-order valence-electron chi connectivity index (χ3n) is 2.15. The molecule has 0 atom stereocenters. The van der Waals surface area contributed by atoms with Gasteiger partial charge in [-0.2, -0.15) is 0 Å². The van der Waals surface area contributed by atoms with Gasteiger partial charge in [-0.05, 0) is 24.3 Å². The SMILES string of the molecule is CCc1ccccc1.COCCC(C)C. The van der Waals surface area contributed by atoms with Gasteiger partial charge >= 0.3 is 0 Å². The van der Waals surface area contributed by atoms with Crippen LogP contribution in [0.3, 0.4) is 0 Å². The summed E-state index contributed by atoms with van der Waals surface area (Å²) >= 11 is 0. The average Bonchev–Trinajstić information content (AvgIpc) is 2.28. The van der Waals surface area contributed by atoms with Gasteiger partial charge in [0.15, 0.2) is 0 Å². The maximum atomic E-state index is 4.85. The minimum absolute atomic E-state index is 0.778. The first-order valence-electron chi connectivity index (χ1n) is 5.73. The van der Waals surface area contributed by atoms with Crippen molar-refractivity contribution in [1.82, 2.24) is 0 Å². The van der Waals surface area contributed by atoms with E-state index in [-0.39, 0.29) is 0 Å². The molecule has 0 aromatic heterocycles. The first-order valence-corrected chi connectivity index (χ1v) is 5.73. The molecule has 0 bridgehead atoms. The van der Waals surface area contributed by atoms with Gasteiger partial charge < -0.3 is 4.74 Å². The molecule has 0 unspecified atom stereocenters. The van der Waals surface area contributed by atoms with Gasteiger partial charge in [0.05, 0.1) is 0 Å². The van der Waals surface area contributed by atoms with E-state index in [2.05, 4.69) is 45.0 Å². The molecule has 0 saturated carbocycles. The Morgan fingerprint density at radius 3 is 2.00 bits per heavy atom. The van der Waals surface area contributed by atoms with Gasteiger partial charge in [0.25, 0.3) is 0 Å². The zero-order chi connectivity index (χ0) is 11.5. The Bertz CT molecular complexity index is 216. The summed E-state index contributed by atoms with van der Waals surface area (Å²) in [6, 6.07) is 10.5. The fraction of sp³-hybridized carbons (Fsp3) is 0.571. The topological polar surface area (TPSA) is 9.23 Å². The van der Waals surface area contributed by atoms with Crippen LogP contribution in [-0.4, -0.2) is 13.7 Å². The van der Waals surface area contributed by atoms with Crippen LogP contribution in [0.1, 0.15) is 32.8 Å². The minimum Gasteiger partial charge on any atom is -0.385 e. The Morgan fingerprint density at radius 1 is 1.13 bits per heavy atom. The molecule has 0 aliphatic carbocycles. The summed E-state index contributed by atoms with van der Waals surface area (Å²) in [5.74, 6) is 0.778. The lowest BCUT2D eigenvalue weighted by atomic mass is 10.1. The maximum Gasteiger partial charge on any atom is 0.0464 e. The molecule has 0 heterocycles. The van der Waals surface area contributed by atoms with Crippen molar-refractivity contribution in [3.8, 4) is 0 Å². The van der Waals surface area contributed by atoms with Crippen molar-refractivity contribution >= 4 is 0 Å². The molecule has 1 heteroatoms. The van der Waals surface area contributed by atoms with Gasteiger partial charge in [0, 0.05) is 13.7 Å². The summed E-state index contributed by atoms with van der Waals surface area (Å²) in [5, 5.41) is 0. The highest BCUT2D eigenvalue weighted by Crippen LogP contribution is 1.97. The van der Waals surface area contributed by atoms with Crippen LogP contribution in [0.5, 0.6) is 0 Å². The number of aryl methyl sites for hydroxylation is 1. The fourth-order valence-electron chi connectivity index (χ4n) is 1.07. The molecule has 0 aliphatic heterocycles. The van der Waals surface area contributed by atoms with Crippen LogP contribution >= 0.6 is 0 Å². The molecule has 0 radical (unpaired) electrons. The highest BCUT2D eigenvalue weighted by Gasteiger charge is 1.89. The number of hydrogen-bond donors (Lipinski definition) is 0. The van der Waals surface area contributed by atoms with E-state index in [4.69, 9.17) is 4.74 Å². The highest BCUT2D eigenvalue weighted by atomic mass is 16.5. The molecular weight excluding hydrogens is 184 g/mol. The van der Waals surface area contributed by atoms with E-state index in [1.807, 2.05) is 6.07 Å². The predicted molar refractivity (Wildman–Crippen MR) is 67.2 cm³/mol. The third kappa shape index (κ3) is 9.48. The number of hydrogen-bond acceptors (Lipinski definition) is 1. The van der Waals surface area contributed by atoms with Crippen LogP contribution in [-0.2, 0) is 11.2 Å². The van der Waals surface area contributed by atoms with Crippen LogP contribution in [0.2, 0.25) is 0 Å². The van der Waals surface area contributed by atoms with E-state index in [9.17, 15) is 0 Å². The van der Waals surface area contributed by atoms with Crippen molar-refractivity contribution in [2.45, 2.75) is 33.6 Å². The molecule has 1 rings (SSSR count). The lowest BCUT2D eigenvalue weighted by Gasteiger charge is -1.99. The first-order chi connectivity index (χ1) is 7.20. The van der Waals surface area contributed by atoms with Gasteiger partial charge in [-0.25, -0.2) is 0 Å². The lowest BCUT2D eigenvalue weighted by molar-refractivity contribution is 0.183. The van der Waals surface area contributed by atoms with Crippen LogP contribution < -0.4 is 0 Å². The quantitative estimate of drug-likeness (QED) is 0.728. The Balaban J connectivity index is 0.000000265. The van der Waals surface area contributed by atoms with Crippen molar-refractivity contribution < 1.29 is 4.74 Å². The zero-order valence-electron chi connectivity index (χ0n) is 10.5. The number of benzene rings is 1. The molecule has 0 saturated heterocycles. The predicted octanol–water partition coefficient (Wildman–Crippen LogP) is 3.93. The Kier molecular flexibility index (Phi) is 9.19. The van der Waals surface area contributed by atoms with Crippen molar-refractivity contribution in [3.63, 3.8) is 0 Å². The molecule has 86 valence electrons. The molecule has 0 fully saturated rings. The van der Waals surface area contributed by atoms with Gasteiger partial charge in [0.1, 0.15) is 0 Å². The minimum atomic E-state index is 0.778. The van der Waals surface area contributed by atoms with Crippen LogP contribution in [0.4, 0.5) is 0 Å². The van der Waals surface area contributed by atoms with Crippen LogP contribution in [0, 0.1) is 5.92 Å². The van der Waals surface area contributed by atoms with Crippen molar-refractivity contribution in [3.05, 3.63) is 35.9 Å². The van der Waals surface area contributed by atoms with E-state index in [0.717, 1.165) is 18.9 Å².